The summed E-state index contributed by atoms with van der Waals surface area (Å²) in [6.45, 7) is 1.70. The highest BCUT2D eigenvalue weighted by Gasteiger charge is 2.40. The summed E-state index contributed by atoms with van der Waals surface area (Å²) in [5, 5.41) is 10.0. The average Bonchev–Trinajstić information content (AvgIpc) is 3.00. The van der Waals surface area contributed by atoms with E-state index >= 15 is 0 Å². The smallest absolute Gasteiger partial charge is 0.250 e. The van der Waals surface area contributed by atoms with Crippen molar-refractivity contribution in [1.82, 2.24) is 4.72 Å². The van der Waals surface area contributed by atoms with Crippen molar-refractivity contribution < 1.29 is 13.5 Å². The molecule has 1 aromatic rings. The quantitative estimate of drug-likeness (QED) is 0.871. The molecule has 4 nitrogen and oxygen atoms in total. The second kappa shape index (κ2) is 4.51. The maximum Gasteiger partial charge on any atom is 0.250 e. The summed E-state index contributed by atoms with van der Waals surface area (Å²) in [6.07, 6.45) is 1.92. The first-order chi connectivity index (χ1) is 7.81. The van der Waals surface area contributed by atoms with Gasteiger partial charge in [-0.25, -0.2) is 13.1 Å². The van der Waals surface area contributed by atoms with Crippen LogP contribution in [0.25, 0.3) is 0 Å². The largest absolute Gasteiger partial charge is 0.389 e. The molecule has 1 unspecified atom stereocenters. The molecule has 1 fully saturated rings. The highest BCUT2D eigenvalue weighted by Crippen LogP contribution is 2.39. The highest BCUT2D eigenvalue weighted by molar-refractivity contribution is 7.91. The van der Waals surface area contributed by atoms with Crippen LogP contribution in [-0.4, -0.2) is 25.7 Å². The first-order valence-electron chi connectivity index (χ1n) is 5.29. The minimum absolute atomic E-state index is 0.0372. The topological polar surface area (TPSA) is 66.4 Å². The van der Waals surface area contributed by atoms with E-state index in [1.807, 2.05) is 0 Å². The molecule has 7 heteroatoms. The third-order valence-electron chi connectivity index (χ3n) is 2.89. The van der Waals surface area contributed by atoms with E-state index in [9.17, 15) is 13.5 Å². The number of hydrogen-bond acceptors (Lipinski definition) is 4. The molecule has 0 radical (unpaired) electrons. The predicted molar refractivity (Wildman–Crippen MR) is 67.9 cm³/mol. The molecule has 0 spiro atoms. The van der Waals surface area contributed by atoms with Crippen LogP contribution in [0, 0.1) is 5.92 Å². The maximum absolute atomic E-state index is 11.9. The van der Waals surface area contributed by atoms with E-state index in [4.69, 9.17) is 11.6 Å². The maximum atomic E-state index is 11.9. The standard InChI is InChI=1S/C10H14ClNO3S2/c1-10(13,7-2-3-7)6-12-17(14,15)9-5-4-8(11)16-9/h4-5,7,12-13H,2-3,6H2,1H3. The molecule has 96 valence electrons. The summed E-state index contributed by atoms with van der Waals surface area (Å²) in [5.41, 5.74) is -0.964. The lowest BCUT2D eigenvalue weighted by Gasteiger charge is -2.22. The molecule has 1 atom stereocenters. The van der Waals surface area contributed by atoms with Crippen LogP contribution in [-0.2, 0) is 10.0 Å². The Labute approximate surface area is 110 Å². The molecule has 0 saturated heterocycles. The summed E-state index contributed by atoms with van der Waals surface area (Å²) in [4.78, 5) is 0. The van der Waals surface area contributed by atoms with Crippen molar-refractivity contribution in [3.63, 3.8) is 0 Å². The van der Waals surface area contributed by atoms with Crippen molar-refractivity contribution in [2.75, 3.05) is 6.54 Å². The first kappa shape index (κ1) is 13.3. The van der Waals surface area contributed by atoms with Crippen LogP contribution >= 0.6 is 22.9 Å². The van der Waals surface area contributed by atoms with Crippen LogP contribution in [0.15, 0.2) is 16.3 Å². The summed E-state index contributed by atoms with van der Waals surface area (Å²) < 4.78 is 26.8. The number of hydrogen-bond donors (Lipinski definition) is 2. The minimum Gasteiger partial charge on any atom is -0.389 e. The normalized spacial score (nSPS) is 20.2. The minimum atomic E-state index is -3.55. The van der Waals surface area contributed by atoms with Crippen molar-refractivity contribution in [3.05, 3.63) is 16.5 Å². The molecule has 2 N–H and O–H groups in total. The summed E-state index contributed by atoms with van der Waals surface area (Å²) >= 11 is 6.70. The lowest BCUT2D eigenvalue weighted by Crippen LogP contribution is -2.42. The molecule has 2 rings (SSSR count). The predicted octanol–water partition coefficient (Wildman–Crippen LogP) is 1.84. The van der Waals surface area contributed by atoms with Gasteiger partial charge in [0.05, 0.1) is 9.94 Å². The monoisotopic (exact) mass is 295 g/mol. The van der Waals surface area contributed by atoms with E-state index in [0.717, 1.165) is 24.2 Å². The molecule has 17 heavy (non-hydrogen) atoms. The fourth-order valence-corrected chi connectivity index (χ4v) is 4.27. The van der Waals surface area contributed by atoms with Crippen molar-refractivity contribution >= 4 is 33.0 Å². The fraction of sp³-hybridized carbons (Fsp3) is 0.600. The molecule has 0 aliphatic heterocycles. The van der Waals surface area contributed by atoms with Gasteiger partial charge in [0.1, 0.15) is 4.21 Å². The van der Waals surface area contributed by atoms with Gasteiger partial charge in [-0.1, -0.05) is 11.6 Å². The molecular weight excluding hydrogens is 282 g/mol. The molecule has 0 aromatic carbocycles. The number of aliphatic hydroxyl groups is 1. The number of rotatable bonds is 5. The highest BCUT2D eigenvalue weighted by atomic mass is 35.5. The second-order valence-corrected chi connectivity index (χ2v) is 8.22. The Morgan fingerprint density at radius 3 is 2.71 bits per heavy atom. The fourth-order valence-electron chi connectivity index (χ4n) is 1.60. The van der Waals surface area contributed by atoms with Gasteiger partial charge < -0.3 is 5.11 Å². The van der Waals surface area contributed by atoms with E-state index in [-0.39, 0.29) is 16.7 Å². The molecule has 0 bridgehead atoms. The van der Waals surface area contributed by atoms with Crippen LogP contribution in [0.4, 0.5) is 0 Å². The van der Waals surface area contributed by atoms with Gasteiger partial charge in [0.2, 0.25) is 10.0 Å². The van der Waals surface area contributed by atoms with Crippen molar-refractivity contribution in [2.45, 2.75) is 29.6 Å². The third kappa shape index (κ3) is 3.20. The summed E-state index contributed by atoms with van der Waals surface area (Å²) in [6, 6.07) is 3.00. The number of nitrogens with one attached hydrogen (secondary N) is 1. The van der Waals surface area contributed by atoms with Crippen molar-refractivity contribution in [2.24, 2.45) is 5.92 Å². The number of thiophene rings is 1. The van der Waals surface area contributed by atoms with Crippen LogP contribution in [0.1, 0.15) is 19.8 Å². The molecule has 1 saturated carbocycles. The lowest BCUT2D eigenvalue weighted by atomic mass is 10.0. The zero-order chi connectivity index (χ0) is 12.7. The Kier molecular flexibility index (Phi) is 3.53. The van der Waals surface area contributed by atoms with Gasteiger partial charge in [-0.05, 0) is 37.8 Å². The van der Waals surface area contributed by atoms with E-state index in [0.29, 0.717) is 4.34 Å². The van der Waals surface area contributed by atoms with E-state index in [2.05, 4.69) is 4.72 Å². The Hall–Kier alpha value is -0.140. The molecule has 1 aliphatic rings. The van der Waals surface area contributed by atoms with Gasteiger partial charge in [0.15, 0.2) is 0 Å². The van der Waals surface area contributed by atoms with Crippen LogP contribution in [0.3, 0.4) is 0 Å². The van der Waals surface area contributed by atoms with Gasteiger partial charge in [-0.15, -0.1) is 11.3 Å². The number of halogens is 1. The second-order valence-electron chi connectivity index (χ2n) is 4.51. The van der Waals surface area contributed by atoms with Crippen molar-refractivity contribution in [1.29, 1.82) is 0 Å². The molecule has 1 aliphatic carbocycles. The van der Waals surface area contributed by atoms with Crippen molar-refractivity contribution in [3.8, 4) is 0 Å². The SMILES string of the molecule is CC(O)(CNS(=O)(=O)c1ccc(Cl)s1)C1CC1. The average molecular weight is 296 g/mol. The van der Waals surface area contributed by atoms with Crippen LogP contribution in [0.5, 0.6) is 0 Å². The Bertz CT molecular complexity index is 505. The van der Waals surface area contributed by atoms with Gasteiger partial charge in [-0.3, -0.25) is 0 Å². The van der Waals surface area contributed by atoms with E-state index in [1.165, 1.54) is 6.07 Å². The van der Waals surface area contributed by atoms with Gasteiger partial charge in [0, 0.05) is 6.54 Å². The Morgan fingerprint density at radius 1 is 1.59 bits per heavy atom. The summed E-state index contributed by atoms with van der Waals surface area (Å²) in [7, 11) is -3.55. The van der Waals surface area contributed by atoms with Gasteiger partial charge >= 0.3 is 0 Å². The number of sulfonamides is 1. The van der Waals surface area contributed by atoms with E-state index in [1.54, 1.807) is 13.0 Å². The van der Waals surface area contributed by atoms with E-state index < -0.39 is 15.6 Å². The lowest BCUT2D eigenvalue weighted by molar-refractivity contribution is 0.0422. The molecule has 0 amide bonds. The van der Waals surface area contributed by atoms with Gasteiger partial charge in [0.25, 0.3) is 0 Å². The Balaban J connectivity index is 2.03. The molecule has 1 aromatic heterocycles. The summed E-state index contributed by atoms with van der Waals surface area (Å²) in [5.74, 6) is 0.206. The van der Waals surface area contributed by atoms with Crippen LogP contribution in [0.2, 0.25) is 4.34 Å². The molecule has 1 heterocycles. The third-order valence-corrected chi connectivity index (χ3v) is 6.01. The zero-order valence-electron chi connectivity index (χ0n) is 9.31. The Morgan fingerprint density at radius 2 is 2.24 bits per heavy atom. The van der Waals surface area contributed by atoms with Gasteiger partial charge in [-0.2, -0.15) is 0 Å². The zero-order valence-corrected chi connectivity index (χ0v) is 11.7. The molecular formula is C10H14ClNO3S2. The van der Waals surface area contributed by atoms with Crippen LogP contribution < -0.4 is 4.72 Å². The first-order valence-corrected chi connectivity index (χ1v) is 7.96.